The average molecular weight is 282 g/mol. The highest BCUT2D eigenvalue weighted by molar-refractivity contribution is 6.30. The van der Waals surface area contributed by atoms with Crippen molar-refractivity contribution < 1.29 is 0 Å². The van der Waals surface area contributed by atoms with Crippen LogP contribution in [0.4, 0.5) is 5.82 Å². The molecule has 0 aliphatic heterocycles. The van der Waals surface area contributed by atoms with E-state index in [1.54, 1.807) is 0 Å². The normalized spacial score (nSPS) is 10.4. The van der Waals surface area contributed by atoms with Crippen LogP contribution in [0.5, 0.6) is 0 Å². The monoisotopic (exact) mass is 281 g/mol. The molecule has 0 amide bonds. The summed E-state index contributed by atoms with van der Waals surface area (Å²) in [4.78, 5) is 0. The zero-order chi connectivity index (χ0) is 13.1. The van der Waals surface area contributed by atoms with Crippen LogP contribution in [0.3, 0.4) is 0 Å². The van der Waals surface area contributed by atoms with Gasteiger partial charge in [0.05, 0.1) is 0 Å². The van der Waals surface area contributed by atoms with Gasteiger partial charge in [-0.3, -0.25) is 0 Å². The van der Waals surface area contributed by atoms with Crippen molar-refractivity contribution >= 4 is 29.0 Å². The lowest BCUT2D eigenvalue weighted by Crippen LogP contribution is -2.06. The van der Waals surface area contributed by atoms with Gasteiger partial charge in [0.25, 0.3) is 0 Å². The molecule has 0 unspecified atom stereocenters. The Bertz CT molecular complexity index is 570. The molecule has 0 saturated carbocycles. The molecular formula is C13H13Cl2N3. The van der Waals surface area contributed by atoms with Crippen molar-refractivity contribution in [3.8, 4) is 0 Å². The maximum absolute atomic E-state index is 5.93. The van der Waals surface area contributed by atoms with Crippen molar-refractivity contribution in [3.05, 3.63) is 51.1 Å². The largest absolute Gasteiger partial charge is 0.364 e. The number of halogens is 2. The third kappa shape index (κ3) is 2.92. The zero-order valence-corrected chi connectivity index (χ0v) is 11.7. The van der Waals surface area contributed by atoms with Crippen molar-refractivity contribution in [2.75, 3.05) is 5.32 Å². The number of nitrogens with zero attached hydrogens (tertiary/aromatic N) is 2. The number of anilines is 1. The van der Waals surface area contributed by atoms with Gasteiger partial charge in [-0.15, -0.1) is 10.2 Å². The molecule has 0 aliphatic rings. The number of benzene rings is 1. The summed E-state index contributed by atoms with van der Waals surface area (Å²) < 4.78 is 0. The van der Waals surface area contributed by atoms with Gasteiger partial charge in [-0.1, -0.05) is 35.3 Å². The lowest BCUT2D eigenvalue weighted by molar-refractivity contribution is 0.971. The number of aromatic nitrogens is 2. The van der Waals surface area contributed by atoms with Crippen molar-refractivity contribution in [2.24, 2.45) is 0 Å². The molecule has 3 nitrogen and oxygen atoms in total. The first kappa shape index (κ1) is 13.1. The molecule has 0 radical (unpaired) electrons. The van der Waals surface area contributed by atoms with Crippen LogP contribution >= 0.6 is 23.2 Å². The summed E-state index contributed by atoms with van der Waals surface area (Å²) in [6.07, 6.45) is 0. The Kier molecular flexibility index (Phi) is 4.04. The predicted molar refractivity (Wildman–Crippen MR) is 75.3 cm³/mol. The fourth-order valence-corrected chi connectivity index (χ4v) is 1.97. The molecule has 0 bridgehead atoms. The molecule has 94 valence electrons. The summed E-state index contributed by atoms with van der Waals surface area (Å²) in [5.74, 6) is 0.747. The summed E-state index contributed by atoms with van der Waals surface area (Å²) in [6, 6.07) is 7.69. The highest BCUT2D eigenvalue weighted by atomic mass is 35.5. The summed E-state index contributed by atoms with van der Waals surface area (Å²) in [7, 11) is 0. The van der Waals surface area contributed by atoms with Crippen LogP contribution in [0.15, 0.2) is 24.3 Å². The van der Waals surface area contributed by atoms with Crippen LogP contribution in [0.25, 0.3) is 0 Å². The average Bonchev–Trinajstić information content (AvgIpc) is 2.35. The molecule has 1 N–H and O–H groups in total. The summed E-state index contributed by atoms with van der Waals surface area (Å²) >= 11 is 11.8. The van der Waals surface area contributed by atoms with Crippen LogP contribution in [-0.4, -0.2) is 10.2 Å². The third-order valence-electron chi connectivity index (χ3n) is 2.81. The van der Waals surface area contributed by atoms with E-state index in [2.05, 4.69) is 15.5 Å². The molecule has 1 aromatic heterocycles. The van der Waals surface area contributed by atoms with Crippen LogP contribution in [0, 0.1) is 13.8 Å². The molecule has 0 aliphatic carbocycles. The minimum Gasteiger partial charge on any atom is -0.364 e. The number of hydrogen-bond acceptors (Lipinski definition) is 3. The van der Waals surface area contributed by atoms with Crippen LogP contribution in [0.1, 0.15) is 16.7 Å². The first-order valence-corrected chi connectivity index (χ1v) is 6.31. The topological polar surface area (TPSA) is 37.8 Å². The maximum Gasteiger partial charge on any atom is 0.155 e. The molecule has 2 rings (SSSR count). The summed E-state index contributed by atoms with van der Waals surface area (Å²) in [5.41, 5.74) is 3.05. The molecule has 0 fully saturated rings. The van der Waals surface area contributed by atoms with E-state index < -0.39 is 0 Å². The molecule has 1 heterocycles. The van der Waals surface area contributed by atoms with E-state index >= 15 is 0 Å². The lowest BCUT2D eigenvalue weighted by Gasteiger charge is -2.10. The van der Waals surface area contributed by atoms with Crippen molar-refractivity contribution in [3.63, 3.8) is 0 Å². The molecular weight excluding hydrogens is 269 g/mol. The van der Waals surface area contributed by atoms with E-state index in [0.717, 1.165) is 27.5 Å². The highest BCUT2D eigenvalue weighted by Gasteiger charge is 2.07. The van der Waals surface area contributed by atoms with Crippen LogP contribution in [0.2, 0.25) is 10.2 Å². The van der Waals surface area contributed by atoms with E-state index in [1.165, 1.54) is 0 Å². The molecule has 0 saturated heterocycles. The number of hydrogen-bond donors (Lipinski definition) is 1. The summed E-state index contributed by atoms with van der Waals surface area (Å²) in [6.45, 7) is 4.55. The van der Waals surface area contributed by atoms with Gasteiger partial charge in [-0.05, 0) is 42.7 Å². The van der Waals surface area contributed by atoms with E-state index in [0.29, 0.717) is 11.7 Å². The summed E-state index contributed by atoms with van der Waals surface area (Å²) in [5, 5.41) is 12.4. The second-order valence-electron chi connectivity index (χ2n) is 4.07. The van der Waals surface area contributed by atoms with Crippen LogP contribution < -0.4 is 5.32 Å². The highest BCUT2D eigenvalue weighted by Crippen LogP contribution is 2.21. The van der Waals surface area contributed by atoms with Gasteiger partial charge in [0.1, 0.15) is 0 Å². The van der Waals surface area contributed by atoms with Gasteiger partial charge in [0, 0.05) is 11.6 Å². The second kappa shape index (κ2) is 5.55. The van der Waals surface area contributed by atoms with Gasteiger partial charge >= 0.3 is 0 Å². The molecule has 2 aromatic rings. The fraction of sp³-hybridized carbons (Fsp3) is 0.231. The fourth-order valence-electron chi connectivity index (χ4n) is 1.58. The molecule has 18 heavy (non-hydrogen) atoms. The molecule has 0 spiro atoms. The van der Waals surface area contributed by atoms with Gasteiger partial charge in [0.2, 0.25) is 0 Å². The van der Waals surface area contributed by atoms with Gasteiger partial charge in [-0.25, -0.2) is 0 Å². The maximum atomic E-state index is 5.93. The van der Waals surface area contributed by atoms with E-state index in [-0.39, 0.29) is 0 Å². The van der Waals surface area contributed by atoms with Crippen molar-refractivity contribution in [1.29, 1.82) is 0 Å². The van der Waals surface area contributed by atoms with E-state index in [9.17, 15) is 0 Å². The Hall–Kier alpha value is -1.32. The predicted octanol–water partition coefficient (Wildman–Crippen LogP) is 4.01. The Morgan fingerprint density at radius 3 is 2.61 bits per heavy atom. The minimum absolute atomic E-state index is 0.445. The van der Waals surface area contributed by atoms with Gasteiger partial charge in [0.15, 0.2) is 11.0 Å². The third-order valence-corrected chi connectivity index (χ3v) is 3.41. The quantitative estimate of drug-likeness (QED) is 0.924. The first-order chi connectivity index (χ1) is 8.58. The van der Waals surface area contributed by atoms with Gasteiger partial charge < -0.3 is 5.32 Å². The molecule has 1 aromatic carbocycles. The molecule has 5 heteroatoms. The SMILES string of the molecule is Cc1c(Cl)nnc(NCc2cccc(Cl)c2)c1C. The Labute approximate surface area is 116 Å². The Morgan fingerprint density at radius 2 is 1.89 bits per heavy atom. The Morgan fingerprint density at radius 1 is 1.11 bits per heavy atom. The Balaban J connectivity index is 2.14. The first-order valence-electron chi connectivity index (χ1n) is 5.55. The van der Waals surface area contributed by atoms with Crippen LogP contribution in [-0.2, 0) is 6.54 Å². The van der Waals surface area contributed by atoms with Crippen molar-refractivity contribution in [1.82, 2.24) is 10.2 Å². The lowest BCUT2D eigenvalue weighted by atomic mass is 10.2. The molecule has 0 atom stereocenters. The van der Waals surface area contributed by atoms with Crippen molar-refractivity contribution in [2.45, 2.75) is 20.4 Å². The van der Waals surface area contributed by atoms with Gasteiger partial charge in [-0.2, -0.15) is 0 Å². The van der Waals surface area contributed by atoms with E-state index in [4.69, 9.17) is 23.2 Å². The van der Waals surface area contributed by atoms with E-state index in [1.807, 2.05) is 38.1 Å². The number of nitrogens with one attached hydrogen (secondary N) is 1. The standard InChI is InChI=1S/C13H13Cl2N3/c1-8-9(2)13(18-17-12(8)15)16-7-10-4-3-5-11(14)6-10/h3-6H,7H2,1-2H3,(H,16,18). The second-order valence-corrected chi connectivity index (χ2v) is 4.87. The smallest absolute Gasteiger partial charge is 0.155 e. The number of rotatable bonds is 3. The minimum atomic E-state index is 0.445. The zero-order valence-electron chi connectivity index (χ0n) is 10.2.